The number of guanidine groups is 1. The summed E-state index contributed by atoms with van der Waals surface area (Å²) in [6, 6.07) is 6.47. The Morgan fingerprint density at radius 3 is 2.67 bits per heavy atom. The highest BCUT2D eigenvalue weighted by Crippen LogP contribution is 2.17. The van der Waals surface area contributed by atoms with Crippen LogP contribution < -0.4 is 15.5 Å². The Bertz CT molecular complexity index is 606. The first-order valence-corrected chi connectivity index (χ1v) is 10.2. The highest BCUT2D eigenvalue weighted by molar-refractivity contribution is 5.81. The number of hydrogen-bond donors (Lipinski definition) is 2. The van der Waals surface area contributed by atoms with E-state index in [0.717, 1.165) is 44.5 Å². The molecule has 3 rings (SSSR count). The summed E-state index contributed by atoms with van der Waals surface area (Å²) in [7, 11) is 0. The van der Waals surface area contributed by atoms with Crippen LogP contribution in [0.15, 0.2) is 29.4 Å². The Balaban J connectivity index is 1.42. The van der Waals surface area contributed by atoms with Gasteiger partial charge in [0.05, 0.1) is 6.54 Å². The molecule has 7 heteroatoms. The minimum Gasteiger partial charge on any atom is -0.357 e. The number of amides is 1. The average Bonchev–Trinajstić information content (AvgIpc) is 3.22. The van der Waals surface area contributed by atoms with Crippen molar-refractivity contribution in [2.24, 2.45) is 4.99 Å². The average molecular weight is 373 g/mol. The molecule has 0 unspecified atom stereocenters. The molecule has 1 amide bonds. The van der Waals surface area contributed by atoms with Crippen LogP contribution in [0.1, 0.15) is 39.0 Å². The molecule has 1 aliphatic carbocycles. The van der Waals surface area contributed by atoms with Gasteiger partial charge in [0, 0.05) is 51.4 Å². The number of pyridine rings is 1. The quantitative estimate of drug-likeness (QED) is 0.586. The van der Waals surface area contributed by atoms with E-state index in [1.165, 1.54) is 25.7 Å². The fourth-order valence-electron chi connectivity index (χ4n) is 3.73. The fraction of sp³-hybridized carbons (Fsp3) is 0.650. The highest BCUT2D eigenvalue weighted by atomic mass is 16.2. The maximum absolute atomic E-state index is 12.5. The third-order valence-corrected chi connectivity index (χ3v) is 5.24. The summed E-state index contributed by atoms with van der Waals surface area (Å²) in [5, 5.41) is 6.78. The zero-order valence-corrected chi connectivity index (χ0v) is 16.4. The van der Waals surface area contributed by atoms with E-state index in [-0.39, 0.29) is 5.91 Å². The summed E-state index contributed by atoms with van der Waals surface area (Å²) in [6.07, 6.45) is 7.28. The van der Waals surface area contributed by atoms with E-state index < -0.39 is 0 Å². The van der Waals surface area contributed by atoms with E-state index in [0.29, 0.717) is 19.0 Å². The number of piperazine rings is 1. The van der Waals surface area contributed by atoms with Crippen molar-refractivity contribution in [2.45, 2.75) is 45.1 Å². The van der Waals surface area contributed by atoms with Crippen molar-refractivity contribution in [3.8, 4) is 0 Å². The second-order valence-electron chi connectivity index (χ2n) is 7.19. The maximum atomic E-state index is 12.5. The third-order valence-electron chi connectivity index (χ3n) is 5.24. The first kappa shape index (κ1) is 19.5. The topological polar surface area (TPSA) is 72.9 Å². The Hall–Kier alpha value is -2.31. The minimum absolute atomic E-state index is 0.191. The Kier molecular flexibility index (Phi) is 7.30. The Morgan fingerprint density at radius 1 is 1.22 bits per heavy atom. The van der Waals surface area contributed by atoms with E-state index in [1.54, 1.807) is 0 Å². The molecule has 7 nitrogen and oxygen atoms in total. The molecule has 1 saturated heterocycles. The van der Waals surface area contributed by atoms with Gasteiger partial charge >= 0.3 is 0 Å². The number of nitrogens with zero attached hydrogens (tertiary/aromatic N) is 4. The first-order chi connectivity index (χ1) is 13.3. The molecule has 2 heterocycles. The van der Waals surface area contributed by atoms with Crippen LogP contribution in [0.5, 0.6) is 0 Å². The van der Waals surface area contributed by atoms with Crippen LogP contribution in [0.2, 0.25) is 0 Å². The second-order valence-corrected chi connectivity index (χ2v) is 7.19. The van der Waals surface area contributed by atoms with Crippen molar-refractivity contribution >= 4 is 17.7 Å². The van der Waals surface area contributed by atoms with Gasteiger partial charge in [-0.05, 0) is 31.9 Å². The van der Waals surface area contributed by atoms with Gasteiger partial charge in [0.2, 0.25) is 5.91 Å². The minimum atomic E-state index is 0.191. The van der Waals surface area contributed by atoms with Crippen molar-refractivity contribution in [1.29, 1.82) is 0 Å². The van der Waals surface area contributed by atoms with E-state index in [2.05, 4.69) is 32.4 Å². The van der Waals surface area contributed by atoms with E-state index in [1.807, 2.05) is 29.3 Å². The number of hydrogen-bond acceptors (Lipinski definition) is 4. The molecule has 0 aromatic carbocycles. The monoisotopic (exact) mass is 372 g/mol. The van der Waals surface area contributed by atoms with E-state index >= 15 is 0 Å². The Labute approximate surface area is 162 Å². The normalized spacial score (nSPS) is 18.6. The second kappa shape index (κ2) is 10.1. The summed E-state index contributed by atoms with van der Waals surface area (Å²) >= 11 is 0. The van der Waals surface area contributed by atoms with Crippen molar-refractivity contribution < 1.29 is 4.79 Å². The van der Waals surface area contributed by atoms with Gasteiger partial charge in [-0.15, -0.1) is 0 Å². The number of carbonyl (C=O) groups is 1. The van der Waals surface area contributed by atoms with Crippen LogP contribution in [-0.4, -0.2) is 67.1 Å². The zero-order chi connectivity index (χ0) is 18.9. The van der Waals surface area contributed by atoms with Gasteiger partial charge < -0.3 is 20.4 Å². The summed E-state index contributed by atoms with van der Waals surface area (Å²) in [5.74, 6) is 2.02. The van der Waals surface area contributed by atoms with E-state index in [4.69, 9.17) is 0 Å². The molecular formula is C20H32N6O. The largest absolute Gasteiger partial charge is 0.357 e. The van der Waals surface area contributed by atoms with Gasteiger partial charge in [-0.3, -0.25) is 9.79 Å². The molecule has 2 aliphatic rings. The van der Waals surface area contributed by atoms with Crippen LogP contribution in [0.4, 0.5) is 5.82 Å². The molecule has 1 saturated carbocycles. The summed E-state index contributed by atoms with van der Waals surface area (Å²) in [5.41, 5.74) is 0. The van der Waals surface area contributed by atoms with Gasteiger partial charge in [-0.1, -0.05) is 18.9 Å². The lowest BCUT2D eigenvalue weighted by atomic mass is 10.2. The lowest BCUT2D eigenvalue weighted by Crippen LogP contribution is -2.49. The molecule has 1 aromatic heterocycles. The van der Waals surface area contributed by atoms with Crippen molar-refractivity contribution in [2.75, 3.05) is 44.2 Å². The molecule has 2 N–H and O–H groups in total. The first-order valence-electron chi connectivity index (χ1n) is 10.2. The van der Waals surface area contributed by atoms with Crippen LogP contribution in [-0.2, 0) is 4.79 Å². The smallest absolute Gasteiger partial charge is 0.224 e. The Morgan fingerprint density at radius 2 is 2.00 bits per heavy atom. The molecule has 1 aromatic rings. The summed E-state index contributed by atoms with van der Waals surface area (Å²) in [6.45, 7) is 6.59. The SMILES string of the molecule is CCNC(=NCCC(=O)N1CCN(c2ccccn2)CC1)NC1CCCC1. The molecule has 27 heavy (non-hydrogen) atoms. The molecular weight excluding hydrogens is 340 g/mol. The van der Waals surface area contributed by atoms with Gasteiger partial charge in [-0.25, -0.2) is 4.98 Å². The fourth-order valence-corrected chi connectivity index (χ4v) is 3.73. The number of aromatic nitrogens is 1. The molecule has 1 aliphatic heterocycles. The summed E-state index contributed by atoms with van der Waals surface area (Å²) in [4.78, 5) is 25.7. The third kappa shape index (κ3) is 5.84. The van der Waals surface area contributed by atoms with E-state index in [9.17, 15) is 4.79 Å². The van der Waals surface area contributed by atoms with Crippen LogP contribution in [0.25, 0.3) is 0 Å². The predicted octanol–water partition coefficient (Wildman–Crippen LogP) is 1.62. The van der Waals surface area contributed by atoms with Gasteiger partial charge in [-0.2, -0.15) is 0 Å². The molecule has 0 atom stereocenters. The number of anilines is 1. The van der Waals surface area contributed by atoms with Gasteiger partial charge in [0.25, 0.3) is 0 Å². The van der Waals surface area contributed by atoms with Gasteiger partial charge in [0.1, 0.15) is 5.82 Å². The van der Waals surface area contributed by atoms with Crippen LogP contribution in [0, 0.1) is 0 Å². The van der Waals surface area contributed by atoms with Crippen LogP contribution >= 0.6 is 0 Å². The lowest BCUT2D eigenvalue weighted by molar-refractivity contribution is -0.131. The zero-order valence-electron chi connectivity index (χ0n) is 16.4. The predicted molar refractivity (Wildman–Crippen MR) is 109 cm³/mol. The number of rotatable bonds is 6. The number of carbonyl (C=O) groups excluding carboxylic acids is 1. The molecule has 0 spiro atoms. The lowest BCUT2D eigenvalue weighted by Gasteiger charge is -2.35. The summed E-state index contributed by atoms with van der Waals surface area (Å²) < 4.78 is 0. The molecule has 2 fully saturated rings. The standard InChI is InChI=1S/C20H32N6O/c1-2-21-20(24-17-7-3-4-8-17)23-12-10-19(27)26-15-13-25(14-16-26)18-9-5-6-11-22-18/h5-6,9,11,17H,2-4,7-8,10,12-16H2,1H3,(H2,21,23,24). The number of aliphatic imine (C=N–C) groups is 1. The molecule has 0 bridgehead atoms. The van der Waals surface area contributed by atoms with Crippen molar-refractivity contribution in [3.63, 3.8) is 0 Å². The van der Waals surface area contributed by atoms with Crippen molar-refractivity contribution in [1.82, 2.24) is 20.5 Å². The molecule has 0 radical (unpaired) electrons. The molecule has 148 valence electrons. The van der Waals surface area contributed by atoms with Crippen molar-refractivity contribution in [3.05, 3.63) is 24.4 Å². The van der Waals surface area contributed by atoms with Crippen LogP contribution in [0.3, 0.4) is 0 Å². The highest BCUT2D eigenvalue weighted by Gasteiger charge is 2.21. The number of nitrogens with one attached hydrogen (secondary N) is 2. The maximum Gasteiger partial charge on any atom is 0.224 e. The van der Waals surface area contributed by atoms with Gasteiger partial charge in [0.15, 0.2) is 5.96 Å².